The number of carbonyl (C=O) groups is 1. The predicted octanol–water partition coefficient (Wildman–Crippen LogP) is 5.16. The van der Waals surface area contributed by atoms with Crippen molar-refractivity contribution in [2.75, 3.05) is 16.8 Å². The van der Waals surface area contributed by atoms with E-state index in [9.17, 15) is 4.79 Å². The maximum Gasteiger partial charge on any atom is 0.255 e. The molecule has 1 heterocycles. The third kappa shape index (κ3) is 5.13. The molecule has 146 valence electrons. The number of hydrogen-bond acceptors (Lipinski definition) is 4. The van der Waals surface area contributed by atoms with Crippen LogP contribution in [0.4, 0.5) is 17.1 Å². The summed E-state index contributed by atoms with van der Waals surface area (Å²) in [5.41, 5.74) is 3.37. The zero-order valence-electron chi connectivity index (χ0n) is 16.3. The minimum absolute atomic E-state index is 0.242. The number of aromatic nitrogens is 2. The maximum atomic E-state index is 12.6. The largest absolute Gasteiger partial charge is 0.337 e. The van der Waals surface area contributed by atoms with Gasteiger partial charge in [-0.2, -0.15) is 0 Å². The van der Waals surface area contributed by atoms with E-state index in [-0.39, 0.29) is 5.91 Å². The molecule has 0 bridgehead atoms. The number of terminal acetylenes is 1. The third-order valence-electron chi connectivity index (χ3n) is 4.19. The molecule has 1 aromatic heterocycles. The molecule has 0 atom stereocenters. The number of rotatable bonds is 6. The van der Waals surface area contributed by atoms with E-state index in [0.29, 0.717) is 34.3 Å². The number of nitrogens with one attached hydrogen (secondary N) is 1. The Morgan fingerprint density at radius 1 is 1.21 bits per heavy atom. The molecule has 1 N–H and O–H groups in total. The lowest BCUT2D eigenvalue weighted by atomic mass is 10.1. The second-order valence-corrected chi connectivity index (χ2v) is 7.35. The standard InChI is InChI=1S/C23H21ClN4O/c1-4-17-6-5-7-18(10-17)23(29)27-19-8-9-21(24)22(11-19)28(14-16(2)3)20-12-25-15-26-13-20/h1,5-13,15-16H,14H2,2-3H3,(H,27,29). The van der Waals surface area contributed by atoms with Crippen molar-refractivity contribution >= 4 is 34.6 Å². The van der Waals surface area contributed by atoms with Crippen LogP contribution in [-0.2, 0) is 0 Å². The maximum absolute atomic E-state index is 12.6. The zero-order chi connectivity index (χ0) is 20.8. The second kappa shape index (κ2) is 9.22. The molecular formula is C23H21ClN4O. The average molecular weight is 405 g/mol. The SMILES string of the molecule is C#Cc1cccc(C(=O)Nc2ccc(Cl)c(N(CC(C)C)c3cncnc3)c2)c1. The van der Waals surface area contributed by atoms with Gasteiger partial charge in [-0.3, -0.25) is 4.79 Å². The van der Waals surface area contributed by atoms with Gasteiger partial charge in [-0.25, -0.2) is 9.97 Å². The van der Waals surface area contributed by atoms with Gasteiger partial charge in [0.2, 0.25) is 0 Å². The van der Waals surface area contributed by atoms with Crippen LogP contribution in [0, 0.1) is 18.3 Å². The van der Waals surface area contributed by atoms with Gasteiger partial charge in [0.05, 0.1) is 28.8 Å². The molecule has 0 aliphatic rings. The van der Waals surface area contributed by atoms with Crippen LogP contribution in [0.15, 0.2) is 61.2 Å². The van der Waals surface area contributed by atoms with Crippen LogP contribution < -0.4 is 10.2 Å². The Hall–Kier alpha value is -3.36. The first-order valence-corrected chi connectivity index (χ1v) is 9.56. The van der Waals surface area contributed by atoms with Gasteiger partial charge >= 0.3 is 0 Å². The summed E-state index contributed by atoms with van der Waals surface area (Å²) in [6.07, 6.45) is 10.4. The Bertz CT molecular complexity index is 1040. The molecule has 29 heavy (non-hydrogen) atoms. The van der Waals surface area contributed by atoms with Gasteiger partial charge in [-0.05, 0) is 42.3 Å². The minimum Gasteiger partial charge on any atom is -0.337 e. The Kier molecular flexibility index (Phi) is 6.48. The summed E-state index contributed by atoms with van der Waals surface area (Å²) in [4.78, 5) is 22.9. The first-order chi connectivity index (χ1) is 14.0. The van der Waals surface area contributed by atoms with Crippen molar-refractivity contribution in [2.24, 2.45) is 5.92 Å². The molecule has 3 aromatic rings. The van der Waals surface area contributed by atoms with Crippen molar-refractivity contribution in [2.45, 2.75) is 13.8 Å². The molecule has 0 radical (unpaired) electrons. The van der Waals surface area contributed by atoms with E-state index >= 15 is 0 Å². The van der Waals surface area contributed by atoms with Crippen LogP contribution in [-0.4, -0.2) is 22.4 Å². The van der Waals surface area contributed by atoms with E-state index in [1.165, 1.54) is 6.33 Å². The van der Waals surface area contributed by atoms with Crippen molar-refractivity contribution in [3.63, 3.8) is 0 Å². The van der Waals surface area contributed by atoms with E-state index in [0.717, 1.165) is 11.4 Å². The zero-order valence-corrected chi connectivity index (χ0v) is 17.0. The first kappa shape index (κ1) is 20.4. The number of nitrogens with zero attached hydrogens (tertiary/aromatic N) is 3. The summed E-state index contributed by atoms with van der Waals surface area (Å²) in [5, 5.41) is 3.48. The topological polar surface area (TPSA) is 58.1 Å². The van der Waals surface area contributed by atoms with E-state index in [2.05, 4.69) is 35.1 Å². The average Bonchev–Trinajstić information content (AvgIpc) is 2.74. The number of amides is 1. The lowest BCUT2D eigenvalue weighted by Crippen LogP contribution is -2.23. The highest BCUT2D eigenvalue weighted by Crippen LogP contribution is 2.34. The van der Waals surface area contributed by atoms with Crippen LogP contribution in [0.1, 0.15) is 29.8 Å². The van der Waals surface area contributed by atoms with Gasteiger partial charge in [0, 0.05) is 23.4 Å². The number of hydrogen-bond donors (Lipinski definition) is 1. The van der Waals surface area contributed by atoms with Gasteiger partial charge in [-0.15, -0.1) is 6.42 Å². The molecule has 0 aliphatic heterocycles. The Labute approximate surface area is 175 Å². The molecule has 0 saturated heterocycles. The van der Waals surface area contributed by atoms with Crippen LogP contribution in [0.3, 0.4) is 0 Å². The molecule has 5 nitrogen and oxygen atoms in total. The van der Waals surface area contributed by atoms with Crippen molar-refractivity contribution in [1.82, 2.24) is 9.97 Å². The quantitative estimate of drug-likeness (QED) is 0.576. The minimum atomic E-state index is -0.242. The van der Waals surface area contributed by atoms with Crippen molar-refractivity contribution in [3.05, 3.63) is 77.3 Å². The Morgan fingerprint density at radius 3 is 2.66 bits per heavy atom. The van der Waals surface area contributed by atoms with Crippen molar-refractivity contribution in [1.29, 1.82) is 0 Å². The fourth-order valence-corrected chi connectivity index (χ4v) is 3.11. The summed E-state index contributed by atoms with van der Waals surface area (Å²) in [5.74, 6) is 2.67. The summed E-state index contributed by atoms with van der Waals surface area (Å²) >= 11 is 6.50. The molecule has 3 rings (SSSR count). The molecule has 6 heteroatoms. The normalized spacial score (nSPS) is 10.4. The van der Waals surface area contributed by atoms with E-state index < -0.39 is 0 Å². The number of carbonyl (C=O) groups excluding carboxylic acids is 1. The molecule has 0 spiro atoms. The van der Waals surface area contributed by atoms with Gasteiger partial charge < -0.3 is 10.2 Å². The number of benzene rings is 2. The molecular weight excluding hydrogens is 384 g/mol. The Balaban J connectivity index is 1.92. The monoisotopic (exact) mass is 404 g/mol. The molecule has 0 saturated carbocycles. The smallest absolute Gasteiger partial charge is 0.255 e. The highest BCUT2D eigenvalue weighted by molar-refractivity contribution is 6.33. The van der Waals surface area contributed by atoms with Crippen molar-refractivity contribution in [3.8, 4) is 12.3 Å². The molecule has 2 aromatic carbocycles. The fourth-order valence-electron chi connectivity index (χ4n) is 2.89. The fraction of sp³-hybridized carbons (Fsp3) is 0.174. The van der Waals surface area contributed by atoms with Crippen LogP contribution in [0.2, 0.25) is 5.02 Å². The van der Waals surface area contributed by atoms with Crippen LogP contribution in [0.25, 0.3) is 0 Å². The highest BCUT2D eigenvalue weighted by Gasteiger charge is 2.16. The van der Waals surface area contributed by atoms with Crippen LogP contribution in [0.5, 0.6) is 0 Å². The van der Waals surface area contributed by atoms with E-state index in [1.54, 1.807) is 48.8 Å². The van der Waals surface area contributed by atoms with Crippen molar-refractivity contribution < 1.29 is 4.79 Å². The third-order valence-corrected chi connectivity index (χ3v) is 4.51. The molecule has 1 amide bonds. The van der Waals surface area contributed by atoms with Gasteiger partial charge in [0.25, 0.3) is 5.91 Å². The molecule has 0 unspecified atom stereocenters. The summed E-state index contributed by atoms with van der Waals surface area (Å²) in [6.45, 7) is 4.96. The lowest BCUT2D eigenvalue weighted by molar-refractivity contribution is 0.102. The highest BCUT2D eigenvalue weighted by atomic mass is 35.5. The van der Waals surface area contributed by atoms with E-state index in [4.69, 9.17) is 18.0 Å². The van der Waals surface area contributed by atoms with Gasteiger partial charge in [-0.1, -0.05) is 37.4 Å². The summed E-state index contributed by atoms with van der Waals surface area (Å²) in [6, 6.07) is 12.3. The molecule has 0 aliphatic carbocycles. The molecule has 0 fully saturated rings. The summed E-state index contributed by atoms with van der Waals surface area (Å²) < 4.78 is 0. The summed E-state index contributed by atoms with van der Waals surface area (Å²) in [7, 11) is 0. The van der Waals surface area contributed by atoms with E-state index in [1.807, 2.05) is 11.0 Å². The number of anilines is 3. The lowest BCUT2D eigenvalue weighted by Gasteiger charge is -2.27. The Morgan fingerprint density at radius 2 is 1.97 bits per heavy atom. The van der Waals surface area contributed by atoms with Crippen LogP contribution >= 0.6 is 11.6 Å². The number of halogens is 1. The van der Waals surface area contributed by atoms with Gasteiger partial charge in [0.1, 0.15) is 6.33 Å². The van der Waals surface area contributed by atoms with Gasteiger partial charge in [0.15, 0.2) is 0 Å². The predicted molar refractivity (Wildman–Crippen MR) is 118 cm³/mol. The second-order valence-electron chi connectivity index (χ2n) is 6.95. The first-order valence-electron chi connectivity index (χ1n) is 9.18.